The van der Waals surface area contributed by atoms with Crippen LogP contribution in [0.4, 0.5) is 4.79 Å². The molecule has 72 valence electrons. The van der Waals surface area contributed by atoms with Gasteiger partial charge in [-0.05, 0) is 0 Å². The summed E-state index contributed by atoms with van der Waals surface area (Å²) in [6, 6.07) is -0.870. The lowest BCUT2D eigenvalue weighted by Crippen LogP contribution is -2.56. The van der Waals surface area contributed by atoms with Gasteiger partial charge in [0, 0.05) is 0 Å². The fourth-order valence-electron chi connectivity index (χ4n) is 0.868. The first-order chi connectivity index (χ1) is 6.06. The molecular weight excluding hydrogens is 182 g/mol. The number of hydroxylamine groups is 2. The van der Waals surface area contributed by atoms with Gasteiger partial charge in [-0.3, -0.25) is 14.9 Å². The average molecular weight is 189 g/mol. The fraction of sp³-hybridized carbons (Fsp3) is 0.400. The highest BCUT2D eigenvalue weighted by Crippen LogP contribution is 2.07. The van der Waals surface area contributed by atoms with Crippen LogP contribution in [0, 0.1) is 5.92 Å². The third kappa shape index (κ3) is 1.73. The molecular formula is C5H7N3O5. The molecule has 1 atom stereocenters. The first-order valence-electron chi connectivity index (χ1n) is 3.28. The lowest BCUT2D eigenvalue weighted by Gasteiger charge is -2.26. The van der Waals surface area contributed by atoms with Gasteiger partial charge in [-0.2, -0.15) is 15.9 Å². The van der Waals surface area contributed by atoms with Crippen LogP contribution in [-0.4, -0.2) is 34.6 Å². The molecule has 8 nitrogen and oxygen atoms in total. The van der Waals surface area contributed by atoms with Crippen LogP contribution in [0.3, 0.4) is 0 Å². The van der Waals surface area contributed by atoms with Crippen molar-refractivity contribution in [1.29, 1.82) is 0 Å². The monoisotopic (exact) mass is 189 g/mol. The maximum atomic E-state index is 10.9. The van der Waals surface area contributed by atoms with E-state index < -0.39 is 30.4 Å². The number of carboxylic acids is 1. The maximum absolute atomic E-state index is 10.9. The second-order valence-electron chi connectivity index (χ2n) is 2.35. The number of nitrogens with zero attached hydrogens (tertiary/aromatic N) is 1. The van der Waals surface area contributed by atoms with Crippen LogP contribution >= 0.6 is 0 Å². The normalized spacial score (nSPS) is 22.8. The van der Waals surface area contributed by atoms with E-state index in [1.54, 1.807) is 5.32 Å². The Morgan fingerprint density at radius 2 is 2.31 bits per heavy atom. The molecule has 0 radical (unpaired) electrons. The number of carbonyl (C=O) groups excluding carboxylic acids is 2. The van der Waals surface area contributed by atoms with Gasteiger partial charge >= 0.3 is 12.0 Å². The number of imide groups is 1. The molecule has 0 aromatic carbocycles. The Labute approximate surface area is 72.1 Å². The van der Waals surface area contributed by atoms with Crippen LogP contribution in [0.2, 0.25) is 0 Å². The fourth-order valence-corrected chi connectivity index (χ4v) is 0.868. The van der Waals surface area contributed by atoms with Gasteiger partial charge in [0.2, 0.25) is 5.91 Å². The van der Waals surface area contributed by atoms with Gasteiger partial charge in [0.05, 0.1) is 6.54 Å². The molecule has 0 saturated carbocycles. The standard InChI is InChI=1S/C5H7N3O5/c6-13-8-1-2(4(10)11)3(9)7-5(8)12/h2H,1,6H2,(H,10,11)(H,7,9,12). The van der Waals surface area contributed by atoms with E-state index in [4.69, 9.17) is 5.11 Å². The Morgan fingerprint density at radius 1 is 1.69 bits per heavy atom. The number of nitrogens with two attached hydrogens (primary N) is 1. The largest absolute Gasteiger partial charge is 0.481 e. The van der Waals surface area contributed by atoms with Crippen molar-refractivity contribution in [3.8, 4) is 0 Å². The Bertz CT molecular complexity index is 265. The second-order valence-corrected chi connectivity index (χ2v) is 2.35. The number of hydrogen-bond donors (Lipinski definition) is 3. The van der Waals surface area contributed by atoms with Crippen LogP contribution in [0.5, 0.6) is 0 Å². The first-order valence-corrected chi connectivity index (χ1v) is 3.28. The van der Waals surface area contributed by atoms with Gasteiger partial charge in [-0.15, -0.1) is 0 Å². The van der Waals surface area contributed by atoms with Crippen molar-refractivity contribution in [2.45, 2.75) is 0 Å². The zero-order valence-corrected chi connectivity index (χ0v) is 6.39. The summed E-state index contributed by atoms with van der Waals surface area (Å²) in [7, 11) is 0. The van der Waals surface area contributed by atoms with Gasteiger partial charge < -0.3 is 5.11 Å². The molecule has 1 heterocycles. The smallest absolute Gasteiger partial charge is 0.349 e. The molecule has 0 aromatic heterocycles. The highest BCUT2D eigenvalue weighted by molar-refractivity contribution is 6.06. The molecule has 0 aromatic rings. The van der Waals surface area contributed by atoms with Crippen molar-refractivity contribution in [2.24, 2.45) is 11.8 Å². The van der Waals surface area contributed by atoms with E-state index in [1.807, 2.05) is 0 Å². The predicted octanol–water partition coefficient (Wildman–Crippen LogP) is -1.96. The minimum absolute atomic E-state index is 0.392. The molecule has 8 heteroatoms. The predicted molar refractivity (Wildman–Crippen MR) is 36.6 cm³/mol. The lowest BCUT2D eigenvalue weighted by molar-refractivity contribution is -0.165. The summed E-state index contributed by atoms with van der Waals surface area (Å²) < 4.78 is 0. The highest BCUT2D eigenvalue weighted by Gasteiger charge is 2.37. The van der Waals surface area contributed by atoms with Crippen LogP contribution in [0.1, 0.15) is 0 Å². The third-order valence-electron chi connectivity index (χ3n) is 1.55. The van der Waals surface area contributed by atoms with E-state index in [2.05, 4.69) is 10.8 Å². The Kier molecular flexibility index (Phi) is 2.44. The molecule has 0 bridgehead atoms. The van der Waals surface area contributed by atoms with Crippen molar-refractivity contribution in [2.75, 3.05) is 6.54 Å². The molecule has 0 aliphatic carbocycles. The zero-order chi connectivity index (χ0) is 10.0. The van der Waals surface area contributed by atoms with Gasteiger partial charge in [0.15, 0.2) is 5.92 Å². The summed E-state index contributed by atoms with van der Waals surface area (Å²) in [6.45, 7) is -0.392. The van der Waals surface area contributed by atoms with Crippen LogP contribution in [0.25, 0.3) is 0 Å². The summed E-state index contributed by atoms with van der Waals surface area (Å²) in [4.78, 5) is 36.1. The van der Waals surface area contributed by atoms with E-state index in [-0.39, 0.29) is 0 Å². The summed E-state index contributed by atoms with van der Waals surface area (Å²) in [5.74, 6) is 1.11. The average Bonchev–Trinajstić information content (AvgIpc) is 2.03. The molecule has 1 unspecified atom stereocenters. The molecule has 1 saturated heterocycles. The molecule has 1 fully saturated rings. The summed E-state index contributed by atoms with van der Waals surface area (Å²) >= 11 is 0. The second kappa shape index (κ2) is 3.37. The molecule has 0 spiro atoms. The van der Waals surface area contributed by atoms with Crippen molar-refractivity contribution in [1.82, 2.24) is 10.4 Å². The van der Waals surface area contributed by atoms with Crippen molar-refractivity contribution >= 4 is 17.9 Å². The number of urea groups is 1. The minimum Gasteiger partial charge on any atom is -0.481 e. The topological polar surface area (TPSA) is 122 Å². The van der Waals surface area contributed by atoms with Crippen LogP contribution < -0.4 is 11.2 Å². The minimum atomic E-state index is -1.35. The van der Waals surface area contributed by atoms with Crippen molar-refractivity contribution < 1.29 is 24.4 Å². The molecule has 1 rings (SSSR count). The van der Waals surface area contributed by atoms with Crippen LogP contribution in [0.15, 0.2) is 0 Å². The molecule has 13 heavy (non-hydrogen) atoms. The Balaban J connectivity index is 2.75. The van der Waals surface area contributed by atoms with Gasteiger partial charge in [0.1, 0.15) is 0 Å². The van der Waals surface area contributed by atoms with E-state index in [9.17, 15) is 14.4 Å². The van der Waals surface area contributed by atoms with E-state index in [0.29, 0.717) is 5.06 Å². The number of carbonyl (C=O) groups is 3. The first kappa shape index (κ1) is 9.42. The summed E-state index contributed by atoms with van der Waals surface area (Å²) in [5, 5.41) is 10.8. The number of nitrogens with one attached hydrogen (secondary N) is 1. The lowest BCUT2D eigenvalue weighted by atomic mass is 10.1. The molecule has 1 aliphatic heterocycles. The highest BCUT2D eigenvalue weighted by atomic mass is 16.8. The molecule has 1 aliphatic rings. The number of carboxylic acid groups (broad SMARTS) is 1. The quantitative estimate of drug-likeness (QED) is 0.342. The number of aliphatic carboxylic acids is 1. The molecule has 4 N–H and O–H groups in total. The maximum Gasteiger partial charge on any atom is 0.349 e. The third-order valence-corrected chi connectivity index (χ3v) is 1.55. The van der Waals surface area contributed by atoms with E-state index in [1.165, 1.54) is 0 Å². The molecule has 3 amide bonds. The Hall–Kier alpha value is -1.67. The van der Waals surface area contributed by atoms with Gasteiger partial charge in [0.25, 0.3) is 0 Å². The summed E-state index contributed by atoms with van der Waals surface area (Å²) in [5.41, 5.74) is 0. The van der Waals surface area contributed by atoms with Crippen molar-refractivity contribution in [3.05, 3.63) is 0 Å². The summed E-state index contributed by atoms with van der Waals surface area (Å²) in [6.07, 6.45) is 0. The van der Waals surface area contributed by atoms with Crippen molar-refractivity contribution in [3.63, 3.8) is 0 Å². The number of hydrogen-bond acceptors (Lipinski definition) is 5. The number of rotatable bonds is 2. The number of amides is 3. The van der Waals surface area contributed by atoms with Gasteiger partial charge in [-0.1, -0.05) is 0 Å². The zero-order valence-electron chi connectivity index (χ0n) is 6.39. The Morgan fingerprint density at radius 3 is 2.77 bits per heavy atom. The van der Waals surface area contributed by atoms with Crippen LogP contribution in [-0.2, 0) is 14.5 Å². The van der Waals surface area contributed by atoms with E-state index >= 15 is 0 Å². The SMILES string of the molecule is NON1CC(C(=O)O)C(=O)NC1=O. The van der Waals surface area contributed by atoms with E-state index in [0.717, 1.165) is 0 Å². The van der Waals surface area contributed by atoms with Gasteiger partial charge in [-0.25, -0.2) is 4.79 Å².